The first-order chi connectivity index (χ1) is 9.54. The Morgan fingerprint density at radius 1 is 0.650 bits per heavy atom. The molecule has 2 aromatic carbocycles. The minimum Gasteiger partial charge on any atom is -0.381 e. The number of hydrogen-bond acceptors (Lipinski definition) is 2. The molecule has 0 amide bonds. The molecule has 0 heterocycles. The lowest BCUT2D eigenvalue weighted by molar-refractivity contribution is 1.44. The molecule has 0 saturated carbocycles. The SMILES string of the molecule is NC(=Nc1ccc(Br)cc1)C(N)=Nc1ccc(Br)cc1. The lowest BCUT2D eigenvalue weighted by Gasteiger charge is -2.01. The van der Waals surface area contributed by atoms with Crippen molar-refractivity contribution in [2.24, 2.45) is 21.5 Å². The zero-order chi connectivity index (χ0) is 14.5. The minimum absolute atomic E-state index is 0.190. The quantitative estimate of drug-likeness (QED) is 0.597. The van der Waals surface area contributed by atoms with Crippen LogP contribution in [0.3, 0.4) is 0 Å². The molecule has 0 fully saturated rings. The van der Waals surface area contributed by atoms with E-state index in [1.165, 1.54) is 0 Å². The van der Waals surface area contributed by atoms with Gasteiger partial charge in [-0.05, 0) is 48.5 Å². The van der Waals surface area contributed by atoms with Crippen LogP contribution in [-0.2, 0) is 0 Å². The number of aliphatic imine (C=N–C) groups is 2. The van der Waals surface area contributed by atoms with Gasteiger partial charge in [0.25, 0.3) is 0 Å². The van der Waals surface area contributed by atoms with E-state index in [-0.39, 0.29) is 11.7 Å². The smallest absolute Gasteiger partial charge is 0.166 e. The van der Waals surface area contributed by atoms with Gasteiger partial charge in [0.05, 0.1) is 11.4 Å². The summed E-state index contributed by atoms with van der Waals surface area (Å²) in [7, 11) is 0. The zero-order valence-corrected chi connectivity index (χ0v) is 13.6. The van der Waals surface area contributed by atoms with Crippen LogP contribution in [0.25, 0.3) is 0 Å². The van der Waals surface area contributed by atoms with Gasteiger partial charge in [-0.1, -0.05) is 31.9 Å². The van der Waals surface area contributed by atoms with Crippen LogP contribution in [0.5, 0.6) is 0 Å². The lowest BCUT2D eigenvalue weighted by atomic mass is 10.3. The first-order valence-electron chi connectivity index (χ1n) is 5.74. The van der Waals surface area contributed by atoms with E-state index in [0.717, 1.165) is 20.3 Å². The van der Waals surface area contributed by atoms with Crippen LogP contribution >= 0.6 is 31.9 Å². The molecule has 2 aromatic rings. The van der Waals surface area contributed by atoms with Gasteiger partial charge in [0.15, 0.2) is 11.7 Å². The van der Waals surface area contributed by atoms with Crippen LogP contribution in [0.1, 0.15) is 0 Å². The van der Waals surface area contributed by atoms with E-state index in [1.54, 1.807) is 0 Å². The van der Waals surface area contributed by atoms with Crippen molar-refractivity contribution < 1.29 is 0 Å². The molecule has 0 unspecified atom stereocenters. The number of amidine groups is 2. The van der Waals surface area contributed by atoms with E-state index in [1.807, 2.05) is 48.5 Å². The molecule has 0 atom stereocenters. The van der Waals surface area contributed by atoms with Gasteiger partial charge in [-0.15, -0.1) is 0 Å². The van der Waals surface area contributed by atoms with Gasteiger partial charge in [-0.25, -0.2) is 9.98 Å². The van der Waals surface area contributed by atoms with Crippen LogP contribution in [-0.4, -0.2) is 11.7 Å². The largest absolute Gasteiger partial charge is 0.381 e. The molecule has 0 aliphatic rings. The topological polar surface area (TPSA) is 76.8 Å². The highest BCUT2D eigenvalue weighted by molar-refractivity contribution is 9.10. The standard InChI is InChI=1S/C14H12Br2N4/c15-9-1-5-11(6-2-9)19-13(17)14(18)20-12-7-3-10(16)4-8-12/h1-8H,(H2,17,19)(H2,18,20). The van der Waals surface area contributed by atoms with Crippen LogP contribution in [0, 0.1) is 0 Å². The van der Waals surface area contributed by atoms with Crippen molar-refractivity contribution >= 4 is 54.9 Å². The summed E-state index contributed by atoms with van der Waals surface area (Å²) in [4.78, 5) is 8.44. The van der Waals surface area contributed by atoms with Crippen molar-refractivity contribution in [1.29, 1.82) is 0 Å². The average Bonchev–Trinajstić information content (AvgIpc) is 2.44. The van der Waals surface area contributed by atoms with E-state index in [9.17, 15) is 0 Å². The highest BCUT2D eigenvalue weighted by Gasteiger charge is 2.01. The molecule has 4 N–H and O–H groups in total. The fourth-order valence-electron chi connectivity index (χ4n) is 1.42. The second-order valence-corrected chi connectivity index (χ2v) is 5.78. The molecular formula is C14H12Br2N4. The lowest BCUT2D eigenvalue weighted by Crippen LogP contribution is -2.30. The fourth-order valence-corrected chi connectivity index (χ4v) is 1.95. The van der Waals surface area contributed by atoms with Gasteiger partial charge in [-0.2, -0.15) is 0 Å². The number of halogens is 2. The number of hydrogen-bond donors (Lipinski definition) is 2. The summed E-state index contributed by atoms with van der Waals surface area (Å²) in [5, 5.41) is 0. The first-order valence-corrected chi connectivity index (χ1v) is 7.33. The molecule has 0 spiro atoms. The molecular weight excluding hydrogens is 384 g/mol. The van der Waals surface area contributed by atoms with Gasteiger partial charge in [0.2, 0.25) is 0 Å². The molecule has 6 heteroatoms. The van der Waals surface area contributed by atoms with Crippen molar-refractivity contribution in [3.63, 3.8) is 0 Å². The van der Waals surface area contributed by atoms with Crippen molar-refractivity contribution in [3.05, 3.63) is 57.5 Å². The van der Waals surface area contributed by atoms with Gasteiger partial charge in [0.1, 0.15) is 0 Å². The Kier molecular flexibility index (Phi) is 4.92. The van der Waals surface area contributed by atoms with E-state index in [0.29, 0.717) is 0 Å². The summed E-state index contributed by atoms with van der Waals surface area (Å²) in [6.07, 6.45) is 0. The Hall–Kier alpha value is -1.66. The van der Waals surface area contributed by atoms with Crippen molar-refractivity contribution in [2.75, 3.05) is 0 Å². The van der Waals surface area contributed by atoms with Crippen LogP contribution in [0.2, 0.25) is 0 Å². The monoisotopic (exact) mass is 394 g/mol. The zero-order valence-electron chi connectivity index (χ0n) is 10.4. The van der Waals surface area contributed by atoms with Gasteiger partial charge in [-0.3, -0.25) is 0 Å². The summed E-state index contributed by atoms with van der Waals surface area (Å²) in [5.41, 5.74) is 13.1. The van der Waals surface area contributed by atoms with E-state index < -0.39 is 0 Å². The third-order valence-corrected chi connectivity index (χ3v) is 3.47. The summed E-state index contributed by atoms with van der Waals surface area (Å²) >= 11 is 6.72. The maximum Gasteiger partial charge on any atom is 0.166 e. The molecule has 20 heavy (non-hydrogen) atoms. The predicted octanol–water partition coefficient (Wildman–Crippen LogP) is 3.89. The molecule has 0 aliphatic heterocycles. The Balaban J connectivity index is 2.21. The maximum atomic E-state index is 5.84. The van der Waals surface area contributed by atoms with Gasteiger partial charge in [0, 0.05) is 8.95 Å². The number of rotatable bonds is 2. The molecule has 0 radical (unpaired) electrons. The highest BCUT2D eigenvalue weighted by atomic mass is 79.9. The first kappa shape index (κ1) is 14.7. The summed E-state index contributed by atoms with van der Waals surface area (Å²) < 4.78 is 1.96. The second kappa shape index (κ2) is 6.67. The van der Waals surface area contributed by atoms with E-state index >= 15 is 0 Å². The number of nitrogens with zero attached hydrogens (tertiary/aromatic N) is 2. The van der Waals surface area contributed by atoms with Crippen molar-refractivity contribution in [1.82, 2.24) is 0 Å². The van der Waals surface area contributed by atoms with E-state index in [2.05, 4.69) is 41.8 Å². The average molecular weight is 396 g/mol. The van der Waals surface area contributed by atoms with Crippen molar-refractivity contribution in [3.8, 4) is 0 Å². The van der Waals surface area contributed by atoms with E-state index in [4.69, 9.17) is 11.5 Å². The summed E-state index contributed by atoms with van der Waals surface area (Å²) in [6.45, 7) is 0. The van der Waals surface area contributed by atoms with Crippen molar-refractivity contribution in [2.45, 2.75) is 0 Å². The third-order valence-electron chi connectivity index (χ3n) is 2.41. The van der Waals surface area contributed by atoms with Gasteiger partial charge >= 0.3 is 0 Å². The third kappa shape index (κ3) is 4.18. The highest BCUT2D eigenvalue weighted by Crippen LogP contribution is 2.18. The minimum atomic E-state index is 0.190. The summed E-state index contributed by atoms with van der Waals surface area (Å²) in [5.74, 6) is 0.380. The Bertz CT molecular complexity index is 586. The number of benzene rings is 2. The molecule has 4 nitrogen and oxygen atoms in total. The Morgan fingerprint density at radius 3 is 1.25 bits per heavy atom. The fraction of sp³-hybridized carbons (Fsp3) is 0. The maximum absolute atomic E-state index is 5.84. The Morgan fingerprint density at radius 2 is 0.950 bits per heavy atom. The molecule has 0 aromatic heterocycles. The molecule has 0 aliphatic carbocycles. The molecule has 0 saturated heterocycles. The second-order valence-electron chi connectivity index (χ2n) is 3.95. The van der Waals surface area contributed by atoms with Crippen LogP contribution in [0.4, 0.5) is 11.4 Å². The summed E-state index contributed by atoms with van der Waals surface area (Å²) in [6, 6.07) is 14.9. The molecule has 102 valence electrons. The van der Waals surface area contributed by atoms with Crippen LogP contribution in [0.15, 0.2) is 67.5 Å². The molecule has 2 rings (SSSR count). The predicted molar refractivity (Wildman–Crippen MR) is 90.8 cm³/mol. The van der Waals surface area contributed by atoms with Gasteiger partial charge < -0.3 is 11.5 Å². The Labute approximate surface area is 133 Å². The molecule has 0 bridgehead atoms. The normalized spacial score (nSPS) is 12.5. The van der Waals surface area contributed by atoms with Crippen LogP contribution < -0.4 is 11.5 Å². The number of nitrogens with two attached hydrogens (primary N) is 2.